The predicted molar refractivity (Wildman–Crippen MR) is 84.5 cm³/mol. The van der Waals surface area contributed by atoms with Crippen molar-refractivity contribution in [2.75, 3.05) is 0 Å². The highest BCUT2D eigenvalue weighted by Gasteiger charge is 2.16. The van der Waals surface area contributed by atoms with E-state index < -0.39 is 4.92 Å². The maximum Gasteiger partial charge on any atom is 0.311 e. The minimum atomic E-state index is -0.508. The lowest BCUT2D eigenvalue weighted by Gasteiger charge is -2.09. The van der Waals surface area contributed by atoms with Gasteiger partial charge in [-0.05, 0) is 36.6 Å². The van der Waals surface area contributed by atoms with Crippen molar-refractivity contribution in [3.63, 3.8) is 0 Å². The van der Waals surface area contributed by atoms with Crippen LogP contribution in [0.2, 0.25) is 0 Å². The van der Waals surface area contributed by atoms with Crippen molar-refractivity contribution in [3.05, 3.63) is 58.1 Å². The number of phenolic OH excluding ortho intramolecular Hbond substituents is 1. The first-order chi connectivity index (χ1) is 10.6. The number of rotatable bonds is 7. The van der Waals surface area contributed by atoms with Crippen LogP contribution in [-0.4, -0.2) is 10.0 Å². The summed E-state index contributed by atoms with van der Waals surface area (Å²) in [6.07, 6.45) is 4.26. The summed E-state index contributed by atoms with van der Waals surface area (Å²) in [7, 11) is 0. The molecule has 0 bridgehead atoms. The van der Waals surface area contributed by atoms with Gasteiger partial charge >= 0.3 is 5.69 Å². The summed E-state index contributed by atoms with van der Waals surface area (Å²) in [5.74, 6) is 0.322. The van der Waals surface area contributed by atoms with Crippen LogP contribution >= 0.6 is 0 Å². The first kappa shape index (κ1) is 15.8. The molecule has 0 atom stereocenters. The van der Waals surface area contributed by atoms with Crippen molar-refractivity contribution in [2.45, 2.75) is 32.6 Å². The second kappa shape index (κ2) is 7.45. The van der Waals surface area contributed by atoms with Crippen molar-refractivity contribution >= 4 is 5.69 Å². The van der Waals surface area contributed by atoms with Crippen LogP contribution < -0.4 is 4.74 Å². The van der Waals surface area contributed by atoms with Crippen molar-refractivity contribution in [1.29, 1.82) is 0 Å². The molecule has 0 saturated heterocycles. The van der Waals surface area contributed by atoms with Gasteiger partial charge in [0.2, 0.25) is 5.75 Å². The largest absolute Gasteiger partial charge is 0.504 e. The monoisotopic (exact) mass is 301 g/mol. The summed E-state index contributed by atoms with van der Waals surface area (Å²) < 4.78 is 5.49. The molecule has 0 spiro atoms. The molecule has 2 aromatic carbocycles. The van der Waals surface area contributed by atoms with Gasteiger partial charge in [-0.2, -0.15) is 0 Å². The minimum absolute atomic E-state index is 0.00727. The highest BCUT2D eigenvalue weighted by atomic mass is 16.6. The van der Waals surface area contributed by atoms with Crippen molar-refractivity contribution in [2.24, 2.45) is 0 Å². The zero-order valence-electron chi connectivity index (χ0n) is 12.5. The van der Waals surface area contributed by atoms with Gasteiger partial charge in [-0.3, -0.25) is 10.1 Å². The van der Waals surface area contributed by atoms with Crippen LogP contribution in [0, 0.1) is 10.1 Å². The number of aryl methyl sites for hydroxylation is 1. The van der Waals surface area contributed by atoms with E-state index >= 15 is 0 Å². The Labute approximate surface area is 129 Å². The van der Waals surface area contributed by atoms with Gasteiger partial charge in [0.1, 0.15) is 0 Å². The number of ether oxygens (including phenoxy) is 1. The normalized spacial score (nSPS) is 10.4. The molecule has 5 nitrogen and oxygen atoms in total. The second-order valence-electron chi connectivity index (χ2n) is 5.09. The third-order valence-electron chi connectivity index (χ3n) is 3.37. The molecule has 0 amide bonds. The first-order valence-electron chi connectivity index (χ1n) is 7.35. The number of nitrogens with zero attached hydrogens (tertiary/aromatic N) is 1. The van der Waals surface area contributed by atoms with E-state index in [2.05, 4.69) is 6.92 Å². The molecule has 0 saturated carbocycles. The SMILES string of the molecule is CCCCCc1ccc(Oc2ccccc2[N+](=O)[O-])c(O)c1. The molecular formula is C17H19NO4. The minimum Gasteiger partial charge on any atom is -0.504 e. The van der Waals surface area contributed by atoms with E-state index in [0.717, 1.165) is 31.2 Å². The predicted octanol–water partition coefficient (Wildman–Crippen LogP) is 4.83. The Bertz CT molecular complexity index is 655. The molecule has 0 unspecified atom stereocenters. The summed E-state index contributed by atoms with van der Waals surface area (Å²) in [5.41, 5.74) is 0.898. The Hall–Kier alpha value is -2.56. The van der Waals surface area contributed by atoms with Crippen LogP contribution in [0.25, 0.3) is 0 Å². The summed E-state index contributed by atoms with van der Waals surface area (Å²) in [5, 5.41) is 21.0. The maximum absolute atomic E-state index is 11.0. The second-order valence-corrected chi connectivity index (χ2v) is 5.09. The number of phenols is 1. The number of nitro benzene ring substituents is 1. The first-order valence-corrected chi connectivity index (χ1v) is 7.35. The van der Waals surface area contributed by atoms with E-state index in [1.807, 2.05) is 6.07 Å². The summed E-state index contributed by atoms with van der Waals surface area (Å²) in [6, 6.07) is 11.3. The van der Waals surface area contributed by atoms with E-state index in [1.54, 1.807) is 24.3 Å². The molecule has 22 heavy (non-hydrogen) atoms. The van der Waals surface area contributed by atoms with Gasteiger partial charge in [-0.15, -0.1) is 0 Å². The average molecular weight is 301 g/mol. The Balaban J connectivity index is 2.15. The van der Waals surface area contributed by atoms with Gasteiger partial charge in [0, 0.05) is 6.07 Å². The number of nitro groups is 1. The fraction of sp³-hybridized carbons (Fsp3) is 0.294. The smallest absolute Gasteiger partial charge is 0.311 e. The van der Waals surface area contributed by atoms with Crippen LogP contribution in [0.15, 0.2) is 42.5 Å². The van der Waals surface area contributed by atoms with Gasteiger partial charge in [0.05, 0.1) is 4.92 Å². The highest BCUT2D eigenvalue weighted by Crippen LogP contribution is 2.36. The van der Waals surface area contributed by atoms with E-state index in [0.29, 0.717) is 0 Å². The molecule has 0 heterocycles. The molecule has 0 aliphatic rings. The van der Waals surface area contributed by atoms with E-state index in [-0.39, 0.29) is 22.9 Å². The Kier molecular flexibility index (Phi) is 5.36. The number of benzene rings is 2. The lowest BCUT2D eigenvalue weighted by atomic mass is 10.1. The molecule has 116 valence electrons. The topological polar surface area (TPSA) is 72.6 Å². The van der Waals surface area contributed by atoms with Crippen LogP contribution in [0.1, 0.15) is 31.7 Å². The average Bonchev–Trinajstić information content (AvgIpc) is 2.50. The molecule has 0 aliphatic carbocycles. The third-order valence-corrected chi connectivity index (χ3v) is 3.37. The quantitative estimate of drug-likeness (QED) is 0.452. The number of unbranched alkanes of at least 4 members (excludes halogenated alkanes) is 2. The molecule has 1 N–H and O–H groups in total. The fourth-order valence-corrected chi connectivity index (χ4v) is 2.20. The van der Waals surface area contributed by atoms with Gasteiger partial charge in [0.25, 0.3) is 0 Å². The summed E-state index contributed by atoms with van der Waals surface area (Å²) in [6.45, 7) is 2.14. The molecule has 2 aromatic rings. The van der Waals surface area contributed by atoms with Crippen molar-refractivity contribution in [3.8, 4) is 17.2 Å². The molecule has 0 radical (unpaired) electrons. The highest BCUT2D eigenvalue weighted by molar-refractivity contribution is 5.51. The number of hydrogen-bond donors (Lipinski definition) is 1. The number of hydrogen-bond acceptors (Lipinski definition) is 4. The van der Waals surface area contributed by atoms with Crippen molar-refractivity contribution < 1.29 is 14.8 Å². The molecular weight excluding hydrogens is 282 g/mol. The van der Waals surface area contributed by atoms with E-state index in [4.69, 9.17) is 4.74 Å². The lowest BCUT2D eigenvalue weighted by Crippen LogP contribution is -1.94. The van der Waals surface area contributed by atoms with Gasteiger partial charge in [-0.1, -0.05) is 38.0 Å². The van der Waals surface area contributed by atoms with Gasteiger partial charge in [0.15, 0.2) is 11.5 Å². The standard InChI is InChI=1S/C17H19NO4/c1-2-3-4-7-13-10-11-17(15(19)12-13)22-16-9-6-5-8-14(16)18(20)21/h5-6,8-12,19H,2-4,7H2,1H3. The fourth-order valence-electron chi connectivity index (χ4n) is 2.20. The summed E-state index contributed by atoms with van der Waals surface area (Å²) >= 11 is 0. The summed E-state index contributed by atoms with van der Waals surface area (Å²) in [4.78, 5) is 10.5. The molecule has 0 aromatic heterocycles. The van der Waals surface area contributed by atoms with Crippen molar-refractivity contribution in [1.82, 2.24) is 0 Å². The Morgan fingerprint density at radius 1 is 1.14 bits per heavy atom. The van der Waals surface area contributed by atoms with Crippen LogP contribution in [0.5, 0.6) is 17.2 Å². The molecule has 5 heteroatoms. The molecule has 0 aliphatic heterocycles. The third kappa shape index (κ3) is 3.97. The van der Waals surface area contributed by atoms with E-state index in [9.17, 15) is 15.2 Å². The van der Waals surface area contributed by atoms with Crippen LogP contribution in [-0.2, 0) is 6.42 Å². The van der Waals surface area contributed by atoms with E-state index in [1.165, 1.54) is 12.1 Å². The van der Waals surface area contributed by atoms with Gasteiger partial charge < -0.3 is 9.84 Å². The molecule has 2 rings (SSSR count). The Morgan fingerprint density at radius 3 is 2.59 bits per heavy atom. The zero-order chi connectivity index (χ0) is 15.9. The number of para-hydroxylation sites is 2. The lowest BCUT2D eigenvalue weighted by molar-refractivity contribution is -0.385. The molecule has 0 fully saturated rings. The number of aromatic hydroxyl groups is 1. The van der Waals surface area contributed by atoms with Gasteiger partial charge in [-0.25, -0.2) is 0 Å². The van der Waals surface area contributed by atoms with Crippen LogP contribution in [0.4, 0.5) is 5.69 Å². The maximum atomic E-state index is 11.0. The van der Waals surface area contributed by atoms with Crippen LogP contribution in [0.3, 0.4) is 0 Å². The zero-order valence-corrected chi connectivity index (χ0v) is 12.5. The Morgan fingerprint density at radius 2 is 1.91 bits per heavy atom.